The highest BCUT2D eigenvalue weighted by molar-refractivity contribution is 6.50. The fourth-order valence-corrected chi connectivity index (χ4v) is 3.27. The van der Waals surface area contributed by atoms with Crippen LogP contribution in [0.5, 0.6) is 11.5 Å². The molecule has 0 aliphatic heterocycles. The van der Waals surface area contributed by atoms with Gasteiger partial charge in [-0.1, -0.05) is 35.9 Å². The number of halogens is 1. The molecule has 29 heavy (non-hydrogen) atoms. The molecule has 146 valence electrons. The predicted octanol–water partition coefficient (Wildman–Crippen LogP) is 4.00. The molecule has 2 N–H and O–H groups in total. The van der Waals surface area contributed by atoms with Gasteiger partial charge in [-0.25, -0.2) is 0 Å². The molecule has 0 heterocycles. The molecule has 2 aliphatic carbocycles. The summed E-state index contributed by atoms with van der Waals surface area (Å²) in [4.78, 5) is 46.5. The Labute approximate surface area is 170 Å². The zero-order chi connectivity index (χ0) is 21.5. The van der Waals surface area contributed by atoms with E-state index in [2.05, 4.69) is 0 Å². The van der Waals surface area contributed by atoms with Crippen molar-refractivity contribution >= 4 is 34.7 Å². The molecular formula is C22H15ClO6. The standard InChI is InChI=1S/C11H7ClO3.C11H8O3/c1-5-9(12)11(15)8-6(10(5)14)3-2-4-7(8)13;1-6-5-9(13)10-7(11(6)14)3-2-4-8(10)12/h2-4,13H,1H3;2-5,12H,1H3. The second kappa shape index (κ2) is 7.48. The Morgan fingerprint density at radius 1 is 0.724 bits per heavy atom. The van der Waals surface area contributed by atoms with Crippen LogP contribution in [0.4, 0.5) is 0 Å². The number of benzene rings is 2. The molecule has 0 unspecified atom stereocenters. The molecule has 2 aromatic rings. The Hall–Kier alpha value is -3.51. The van der Waals surface area contributed by atoms with Crippen molar-refractivity contribution in [2.24, 2.45) is 0 Å². The van der Waals surface area contributed by atoms with Gasteiger partial charge in [0, 0.05) is 22.3 Å². The number of hydrogen-bond donors (Lipinski definition) is 2. The minimum absolute atomic E-state index is 0.00176. The molecule has 0 atom stereocenters. The quantitative estimate of drug-likeness (QED) is 0.679. The van der Waals surface area contributed by atoms with Gasteiger partial charge in [-0.05, 0) is 32.1 Å². The molecule has 2 aromatic carbocycles. The lowest BCUT2D eigenvalue weighted by molar-refractivity contribution is 0.0978. The van der Waals surface area contributed by atoms with E-state index >= 15 is 0 Å². The van der Waals surface area contributed by atoms with Crippen LogP contribution in [-0.4, -0.2) is 33.3 Å². The number of carbonyl (C=O) groups is 4. The van der Waals surface area contributed by atoms with E-state index in [-0.39, 0.29) is 61.7 Å². The highest BCUT2D eigenvalue weighted by Gasteiger charge is 2.31. The summed E-state index contributed by atoms with van der Waals surface area (Å²) >= 11 is 5.71. The summed E-state index contributed by atoms with van der Waals surface area (Å²) in [6, 6.07) is 8.88. The second-order valence-electron chi connectivity index (χ2n) is 6.52. The third-order valence-corrected chi connectivity index (χ3v) is 5.08. The lowest BCUT2D eigenvalue weighted by atomic mass is 9.89. The van der Waals surface area contributed by atoms with Gasteiger partial charge in [0.05, 0.1) is 16.2 Å². The average molecular weight is 411 g/mol. The summed E-state index contributed by atoms with van der Waals surface area (Å²) in [7, 11) is 0. The third kappa shape index (κ3) is 3.39. The van der Waals surface area contributed by atoms with Crippen LogP contribution in [-0.2, 0) is 0 Å². The molecule has 7 heteroatoms. The van der Waals surface area contributed by atoms with E-state index in [1.54, 1.807) is 19.1 Å². The molecular weight excluding hydrogens is 396 g/mol. The second-order valence-corrected chi connectivity index (χ2v) is 6.90. The van der Waals surface area contributed by atoms with Crippen LogP contribution in [0, 0.1) is 0 Å². The molecule has 6 nitrogen and oxygen atoms in total. The number of carbonyl (C=O) groups excluding carboxylic acids is 4. The third-order valence-electron chi connectivity index (χ3n) is 4.62. The number of phenolic OH excluding ortho intramolecular Hbond substituents is 2. The van der Waals surface area contributed by atoms with E-state index in [9.17, 15) is 29.4 Å². The van der Waals surface area contributed by atoms with Gasteiger partial charge in [0.25, 0.3) is 0 Å². The van der Waals surface area contributed by atoms with E-state index < -0.39 is 5.78 Å². The minimum atomic E-state index is -0.498. The zero-order valence-electron chi connectivity index (χ0n) is 15.4. The Balaban J connectivity index is 0.000000166. The fourth-order valence-electron chi connectivity index (χ4n) is 3.08. The van der Waals surface area contributed by atoms with Crippen LogP contribution in [0.1, 0.15) is 55.3 Å². The van der Waals surface area contributed by atoms with Crippen LogP contribution in [0.3, 0.4) is 0 Å². The smallest absolute Gasteiger partial charge is 0.209 e. The molecule has 0 saturated carbocycles. The number of fused-ring (bicyclic) bond motifs is 2. The van der Waals surface area contributed by atoms with Gasteiger partial charge in [-0.3, -0.25) is 19.2 Å². The van der Waals surface area contributed by atoms with Gasteiger partial charge in [-0.15, -0.1) is 0 Å². The van der Waals surface area contributed by atoms with Crippen LogP contribution >= 0.6 is 11.6 Å². The first-order chi connectivity index (χ1) is 13.6. The maximum Gasteiger partial charge on any atom is 0.209 e. The van der Waals surface area contributed by atoms with Crippen LogP contribution in [0.25, 0.3) is 0 Å². The Morgan fingerprint density at radius 3 is 1.83 bits per heavy atom. The van der Waals surface area contributed by atoms with Gasteiger partial charge in [0.2, 0.25) is 5.78 Å². The molecule has 0 radical (unpaired) electrons. The molecule has 4 rings (SSSR count). The summed E-state index contributed by atoms with van der Waals surface area (Å²) in [5, 5.41) is 18.8. The van der Waals surface area contributed by atoms with Gasteiger partial charge in [0.1, 0.15) is 11.5 Å². The lowest BCUT2D eigenvalue weighted by Crippen LogP contribution is -2.18. The Morgan fingerprint density at radius 2 is 1.24 bits per heavy atom. The fraction of sp³-hybridized carbons (Fsp3) is 0.0909. The van der Waals surface area contributed by atoms with Gasteiger partial charge >= 0.3 is 0 Å². The van der Waals surface area contributed by atoms with E-state index in [1.807, 2.05) is 0 Å². The monoisotopic (exact) mass is 410 g/mol. The first-order valence-electron chi connectivity index (χ1n) is 8.52. The molecule has 0 fully saturated rings. The summed E-state index contributed by atoms with van der Waals surface area (Å²) in [5.41, 5.74) is 1.24. The Kier molecular flexibility index (Phi) is 5.22. The van der Waals surface area contributed by atoms with Crippen LogP contribution in [0.2, 0.25) is 0 Å². The van der Waals surface area contributed by atoms with E-state index in [0.717, 1.165) is 0 Å². The van der Waals surface area contributed by atoms with Crippen LogP contribution < -0.4 is 0 Å². The van der Waals surface area contributed by atoms with Crippen LogP contribution in [0.15, 0.2) is 58.7 Å². The number of aromatic hydroxyl groups is 2. The molecule has 0 bridgehead atoms. The SMILES string of the molecule is CC1=C(Cl)C(=O)c2c(O)cccc2C1=O.CC1=CC(=O)c2c(O)cccc2C1=O. The van der Waals surface area contributed by atoms with Crippen molar-refractivity contribution in [3.8, 4) is 11.5 Å². The summed E-state index contributed by atoms with van der Waals surface area (Å²) < 4.78 is 0. The number of Topliss-reactive ketones (excluding diaryl/α,β-unsaturated/α-hetero) is 3. The van der Waals surface area contributed by atoms with Gasteiger partial charge < -0.3 is 10.2 Å². The highest BCUT2D eigenvalue weighted by atomic mass is 35.5. The molecule has 2 aliphatic rings. The van der Waals surface area contributed by atoms with E-state index in [1.165, 1.54) is 37.3 Å². The van der Waals surface area contributed by atoms with Crippen molar-refractivity contribution in [2.45, 2.75) is 13.8 Å². The number of rotatable bonds is 0. The Bertz CT molecular complexity index is 1170. The van der Waals surface area contributed by atoms with Gasteiger partial charge in [-0.2, -0.15) is 0 Å². The summed E-state index contributed by atoms with van der Waals surface area (Å²) in [6.07, 6.45) is 1.25. The maximum atomic E-state index is 11.7. The van der Waals surface area contributed by atoms with E-state index in [0.29, 0.717) is 5.57 Å². The minimum Gasteiger partial charge on any atom is -0.507 e. The van der Waals surface area contributed by atoms with Crippen molar-refractivity contribution in [2.75, 3.05) is 0 Å². The number of hydrogen-bond acceptors (Lipinski definition) is 6. The first kappa shape index (κ1) is 20.2. The average Bonchev–Trinajstić information content (AvgIpc) is 2.69. The summed E-state index contributed by atoms with van der Waals surface area (Å²) in [5.74, 6) is -1.67. The number of phenols is 2. The number of ketones is 4. The predicted molar refractivity (Wildman–Crippen MR) is 106 cm³/mol. The van der Waals surface area contributed by atoms with Crippen molar-refractivity contribution in [1.29, 1.82) is 0 Å². The normalized spacial score (nSPS) is 15.3. The topological polar surface area (TPSA) is 109 Å². The molecule has 0 aromatic heterocycles. The molecule has 0 spiro atoms. The van der Waals surface area contributed by atoms with Gasteiger partial charge in [0.15, 0.2) is 17.3 Å². The van der Waals surface area contributed by atoms with E-state index in [4.69, 9.17) is 11.6 Å². The van der Waals surface area contributed by atoms with Crippen molar-refractivity contribution < 1.29 is 29.4 Å². The largest absolute Gasteiger partial charge is 0.507 e. The maximum absolute atomic E-state index is 11.7. The molecule has 0 saturated heterocycles. The van der Waals surface area contributed by atoms with Crippen molar-refractivity contribution in [3.63, 3.8) is 0 Å². The zero-order valence-corrected chi connectivity index (χ0v) is 16.2. The number of allylic oxidation sites excluding steroid dienone is 4. The first-order valence-corrected chi connectivity index (χ1v) is 8.90. The summed E-state index contributed by atoms with van der Waals surface area (Å²) in [6.45, 7) is 3.09. The molecule has 0 amide bonds. The van der Waals surface area contributed by atoms with Crippen molar-refractivity contribution in [1.82, 2.24) is 0 Å². The van der Waals surface area contributed by atoms with Crippen molar-refractivity contribution in [3.05, 3.63) is 80.9 Å². The highest BCUT2D eigenvalue weighted by Crippen LogP contribution is 2.33. The lowest BCUT2D eigenvalue weighted by Gasteiger charge is -2.15.